The van der Waals surface area contributed by atoms with Crippen molar-refractivity contribution >= 4 is 29.1 Å². The van der Waals surface area contributed by atoms with Gasteiger partial charge in [0, 0.05) is 23.6 Å². The van der Waals surface area contributed by atoms with Crippen molar-refractivity contribution in [2.45, 2.75) is 31.9 Å². The Labute approximate surface area is 203 Å². The number of fused-ring (bicyclic) bond motifs is 1. The summed E-state index contributed by atoms with van der Waals surface area (Å²) in [6.45, 7) is 2.31. The number of aliphatic hydroxyl groups excluding tert-OH is 1. The van der Waals surface area contributed by atoms with Crippen LogP contribution in [0.1, 0.15) is 35.2 Å². The normalized spacial score (nSPS) is 20.9. The van der Waals surface area contributed by atoms with E-state index in [4.69, 9.17) is 16.3 Å². The Balaban J connectivity index is 1.58. The van der Waals surface area contributed by atoms with Crippen molar-refractivity contribution in [2.75, 3.05) is 6.54 Å². The highest BCUT2D eigenvalue weighted by atomic mass is 35.5. The number of carbonyl (C=O) groups is 2. The number of nitrogens with zero attached hydrogens (tertiary/aromatic N) is 1. The standard InChI is InChI=1S/C28H24ClNO4/c1-17-14-21-15-20(10-11-23(21)34-17)26(31)24-25(19-8-5-9-22(29)16-19)30(28(33)27(24)32)13-12-18-6-3-2-4-7-18/h2-11,15-17,25,31H,12-14H2,1H3/t17-,25-/m1/s1. The number of carbonyl (C=O) groups excluding carboxylic acids is 2. The third-order valence-electron chi connectivity index (χ3n) is 6.36. The van der Waals surface area contributed by atoms with Crippen LogP contribution in [-0.4, -0.2) is 34.3 Å². The average molecular weight is 474 g/mol. The van der Waals surface area contributed by atoms with Gasteiger partial charge in [0.25, 0.3) is 11.7 Å². The minimum absolute atomic E-state index is 0.0578. The SMILES string of the molecule is C[C@@H]1Cc2cc(C(O)=C3C(=O)C(=O)N(CCc4ccccc4)[C@@H]3c3cccc(Cl)c3)ccc2O1. The van der Waals surface area contributed by atoms with Gasteiger partial charge in [-0.1, -0.05) is 54.1 Å². The van der Waals surface area contributed by atoms with Gasteiger partial charge in [0.1, 0.15) is 17.6 Å². The van der Waals surface area contributed by atoms with Crippen molar-refractivity contribution in [1.82, 2.24) is 4.90 Å². The van der Waals surface area contributed by atoms with Crippen LogP contribution in [-0.2, 0) is 22.4 Å². The van der Waals surface area contributed by atoms with Gasteiger partial charge in [-0.3, -0.25) is 9.59 Å². The fourth-order valence-electron chi connectivity index (χ4n) is 4.75. The van der Waals surface area contributed by atoms with E-state index in [1.54, 1.807) is 30.3 Å². The van der Waals surface area contributed by atoms with Crippen molar-refractivity contribution in [1.29, 1.82) is 0 Å². The molecule has 5 rings (SSSR count). The summed E-state index contributed by atoms with van der Waals surface area (Å²) in [6, 6.07) is 21.5. The molecule has 34 heavy (non-hydrogen) atoms. The van der Waals surface area contributed by atoms with Crippen LogP contribution >= 0.6 is 11.6 Å². The quantitative estimate of drug-likeness (QED) is 0.309. The van der Waals surface area contributed by atoms with E-state index >= 15 is 0 Å². The minimum atomic E-state index is -0.731. The molecule has 172 valence electrons. The lowest BCUT2D eigenvalue weighted by molar-refractivity contribution is -0.139. The summed E-state index contributed by atoms with van der Waals surface area (Å²) in [5.41, 5.74) is 3.27. The molecule has 6 heteroatoms. The Morgan fingerprint density at radius 1 is 1.06 bits per heavy atom. The Morgan fingerprint density at radius 2 is 1.85 bits per heavy atom. The molecular weight excluding hydrogens is 450 g/mol. The summed E-state index contributed by atoms with van der Waals surface area (Å²) in [5.74, 6) is -0.729. The topological polar surface area (TPSA) is 66.8 Å². The number of rotatable bonds is 5. The third kappa shape index (κ3) is 4.08. The zero-order chi connectivity index (χ0) is 23.8. The smallest absolute Gasteiger partial charge is 0.295 e. The van der Waals surface area contributed by atoms with Gasteiger partial charge in [0.05, 0.1) is 11.6 Å². The van der Waals surface area contributed by atoms with E-state index in [1.165, 1.54) is 4.90 Å². The molecule has 0 saturated carbocycles. The number of halogens is 1. The second kappa shape index (κ2) is 8.99. The number of Topliss-reactive ketones (excluding diaryl/α,β-unsaturated/α-hetero) is 1. The first kappa shape index (κ1) is 22.2. The first-order valence-electron chi connectivity index (χ1n) is 11.3. The van der Waals surface area contributed by atoms with Gasteiger partial charge < -0.3 is 14.7 Å². The maximum absolute atomic E-state index is 13.2. The summed E-state index contributed by atoms with van der Waals surface area (Å²) in [6.07, 6.45) is 1.36. The molecule has 1 N–H and O–H groups in total. The van der Waals surface area contributed by atoms with Crippen molar-refractivity contribution in [2.24, 2.45) is 0 Å². The van der Waals surface area contributed by atoms with Gasteiger partial charge in [-0.05, 0) is 60.4 Å². The number of ketones is 1. The van der Waals surface area contributed by atoms with Crippen LogP contribution in [0, 0.1) is 0 Å². The Hall–Kier alpha value is -3.57. The molecule has 3 aromatic rings. The van der Waals surface area contributed by atoms with Crippen LogP contribution in [0.3, 0.4) is 0 Å². The summed E-state index contributed by atoms with van der Waals surface area (Å²) in [5, 5.41) is 11.8. The number of hydrogen-bond acceptors (Lipinski definition) is 4. The zero-order valence-electron chi connectivity index (χ0n) is 18.7. The lowest BCUT2D eigenvalue weighted by Gasteiger charge is -2.25. The summed E-state index contributed by atoms with van der Waals surface area (Å²) in [7, 11) is 0. The van der Waals surface area contributed by atoms with Crippen molar-refractivity contribution in [3.63, 3.8) is 0 Å². The molecule has 3 aromatic carbocycles. The van der Waals surface area contributed by atoms with Crippen molar-refractivity contribution in [3.8, 4) is 5.75 Å². The molecule has 5 nitrogen and oxygen atoms in total. The van der Waals surface area contributed by atoms with E-state index in [-0.39, 0.29) is 17.4 Å². The van der Waals surface area contributed by atoms with Gasteiger partial charge in [-0.2, -0.15) is 0 Å². The highest BCUT2D eigenvalue weighted by molar-refractivity contribution is 6.46. The average Bonchev–Trinajstić information content (AvgIpc) is 3.33. The van der Waals surface area contributed by atoms with E-state index in [0.29, 0.717) is 29.1 Å². The van der Waals surface area contributed by atoms with Crippen LogP contribution in [0.15, 0.2) is 78.4 Å². The second-order valence-electron chi connectivity index (χ2n) is 8.74. The molecule has 0 aliphatic carbocycles. The molecule has 1 fully saturated rings. The fraction of sp³-hybridized carbons (Fsp3) is 0.214. The maximum atomic E-state index is 13.2. The molecule has 0 bridgehead atoms. The van der Waals surface area contributed by atoms with E-state index in [0.717, 1.165) is 23.3 Å². The van der Waals surface area contributed by atoms with Crippen molar-refractivity contribution < 1.29 is 19.4 Å². The van der Waals surface area contributed by atoms with E-state index in [2.05, 4.69) is 0 Å². The maximum Gasteiger partial charge on any atom is 0.295 e. The lowest BCUT2D eigenvalue weighted by Crippen LogP contribution is -2.31. The van der Waals surface area contributed by atoms with Gasteiger partial charge in [0.15, 0.2) is 0 Å². The molecule has 2 aliphatic heterocycles. The second-order valence-corrected chi connectivity index (χ2v) is 9.17. The summed E-state index contributed by atoms with van der Waals surface area (Å²) >= 11 is 6.26. The predicted octanol–water partition coefficient (Wildman–Crippen LogP) is 5.33. The number of hydrogen-bond donors (Lipinski definition) is 1. The molecule has 0 unspecified atom stereocenters. The largest absolute Gasteiger partial charge is 0.507 e. The number of aliphatic hydroxyl groups is 1. The van der Waals surface area contributed by atoms with Crippen LogP contribution in [0.25, 0.3) is 5.76 Å². The predicted molar refractivity (Wildman–Crippen MR) is 131 cm³/mol. The Kier molecular flexibility index (Phi) is 5.88. The summed E-state index contributed by atoms with van der Waals surface area (Å²) < 4.78 is 5.76. The lowest BCUT2D eigenvalue weighted by atomic mass is 9.94. The highest BCUT2D eigenvalue weighted by Gasteiger charge is 2.46. The van der Waals surface area contributed by atoms with Crippen LogP contribution in [0.5, 0.6) is 5.75 Å². The number of amides is 1. The summed E-state index contributed by atoms with van der Waals surface area (Å²) in [4.78, 5) is 27.9. The van der Waals surface area contributed by atoms with Gasteiger partial charge in [0.2, 0.25) is 0 Å². The number of likely N-dealkylation sites (tertiary alicyclic amines) is 1. The molecular formula is C28H24ClNO4. The van der Waals surface area contributed by atoms with E-state index in [9.17, 15) is 14.7 Å². The number of benzene rings is 3. The Morgan fingerprint density at radius 3 is 2.62 bits per heavy atom. The van der Waals surface area contributed by atoms with Crippen molar-refractivity contribution in [3.05, 3.63) is 106 Å². The third-order valence-corrected chi connectivity index (χ3v) is 6.59. The first-order valence-corrected chi connectivity index (χ1v) is 11.7. The molecule has 0 radical (unpaired) electrons. The van der Waals surface area contributed by atoms with Crippen LogP contribution in [0.2, 0.25) is 5.02 Å². The first-order chi connectivity index (χ1) is 16.4. The van der Waals surface area contributed by atoms with Crippen LogP contribution in [0.4, 0.5) is 0 Å². The fourth-order valence-corrected chi connectivity index (χ4v) is 4.95. The number of ether oxygens (including phenoxy) is 1. The van der Waals surface area contributed by atoms with Gasteiger partial charge in [-0.25, -0.2) is 0 Å². The van der Waals surface area contributed by atoms with Gasteiger partial charge in [-0.15, -0.1) is 0 Å². The van der Waals surface area contributed by atoms with E-state index < -0.39 is 17.7 Å². The van der Waals surface area contributed by atoms with Gasteiger partial charge >= 0.3 is 0 Å². The molecule has 2 atom stereocenters. The minimum Gasteiger partial charge on any atom is -0.507 e. The Bertz CT molecular complexity index is 1300. The molecule has 1 saturated heterocycles. The highest BCUT2D eigenvalue weighted by Crippen LogP contribution is 2.41. The monoisotopic (exact) mass is 473 g/mol. The molecule has 1 amide bonds. The molecule has 2 aliphatic rings. The molecule has 0 aromatic heterocycles. The van der Waals surface area contributed by atoms with Crippen LogP contribution < -0.4 is 4.74 Å². The molecule has 0 spiro atoms. The zero-order valence-corrected chi connectivity index (χ0v) is 19.5. The molecule has 2 heterocycles. The van der Waals surface area contributed by atoms with E-state index in [1.807, 2.05) is 49.4 Å².